The summed E-state index contributed by atoms with van der Waals surface area (Å²) in [5.74, 6) is -0.162. The zero-order chi connectivity index (χ0) is 11.4. The van der Waals surface area contributed by atoms with Crippen LogP contribution < -0.4 is 11.1 Å². The smallest absolute Gasteiger partial charge is 0.216 e. The molecule has 0 aromatic carbocycles. The van der Waals surface area contributed by atoms with Gasteiger partial charge in [0.2, 0.25) is 11.8 Å². The normalized spacial score (nSPS) is 6.54. The van der Waals surface area contributed by atoms with Crippen molar-refractivity contribution < 1.29 is 14.4 Å². The van der Waals surface area contributed by atoms with Crippen LogP contribution in [0.15, 0.2) is 0 Å². The Hall–Kier alpha value is -1.39. The maximum atomic E-state index is 9.70. The van der Waals surface area contributed by atoms with E-state index in [4.69, 9.17) is 0 Å². The van der Waals surface area contributed by atoms with Crippen LogP contribution in [0.5, 0.6) is 0 Å². The van der Waals surface area contributed by atoms with Crippen LogP contribution in [-0.4, -0.2) is 24.6 Å². The van der Waals surface area contributed by atoms with Crippen molar-refractivity contribution in [3.05, 3.63) is 0 Å². The van der Waals surface area contributed by atoms with Crippen LogP contribution in [0.4, 0.5) is 0 Å². The molecule has 0 unspecified atom stereocenters. The fraction of sp³-hybridized carbons (Fsp3) is 0.625. The molecule has 0 aromatic heterocycles. The summed E-state index contributed by atoms with van der Waals surface area (Å²) in [7, 11) is 1.60. The summed E-state index contributed by atoms with van der Waals surface area (Å²) in [5.41, 5.74) is 4.47. The first-order chi connectivity index (χ1) is 5.73. The van der Waals surface area contributed by atoms with Crippen molar-refractivity contribution in [2.24, 2.45) is 5.73 Å². The maximum absolute atomic E-state index is 9.70. The van der Waals surface area contributed by atoms with Crippen molar-refractivity contribution in [2.45, 2.75) is 27.7 Å². The number of primary amides is 1. The lowest BCUT2D eigenvalue weighted by Crippen LogP contribution is -2.11. The second-order valence-corrected chi connectivity index (χ2v) is 2.33. The second kappa shape index (κ2) is 13.2. The molecule has 2 amide bonds. The van der Waals surface area contributed by atoms with Gasteiger partial charge in [0.05, 0.1) is 0 Å². The quantitative estimate of drug-likeness (QED) is 0.556. The lowest BCUT2D eigenvalue weighted by atomic mass is 10.6. The summed E-state index contributed by atoms with van der Waals surface area (Å²) < 4.78 is 0. The van der Waals surface area contributed by atoms with Crippen molar-refractivity contribution in [3.8, 4) is 0 Å². The van der Waals surface area contributed by atoms with Crippen LogP contribution in [0.2, 0.25) is 0 Å². The minimum Gasteiger partial charge on any atom is -0.370 e. The molecule has 13 heavy (non-hydrogen) atoms. The van der Waals surface area contributed by atoms with Gasteiger partial charge in [0.15, 0.2) is 0 Å². The van der Waals surface area contributed by atoms with E-state index in [1.165, 1.54) is 27.7 Å². The number of nitrogens with one attached hydrogen (secondary N) is 1. The summed E-state index contributed by atoms with van der Waals surface area (Å²) in [6.07, 6.45) is 0. The number of Topliss-reactive ketones (excluding diaryl/α,β-unsaturated/α-hetero) is 1. The first-order valence-corrected chi connectivity index (χ1v) is 3.65. The predicted octanol–water partition coefficient (Wildman–Crippen LogP) is -0.161. The van der Waals surface area contributed by atoms with E-state index >= 15 is 0 Å². The average molecular weight is 190 g/mol. The Balaban J connectivity index is -0.000000117. The molecule has 0 saturated carbocycles. The highest BCUT2D eigenvalue weighted by molar-refractivity contribution is 5.72. The van der Waals surface area contributed by atoms with Gasteiger partial charge in [-0.1, -0.05) is 0 Å². The van der Waals surface area contributed by atoms with Crippen LogP contribution in [0, 0.1) is 0 Å². The number of nitrogens with two attached hydrogens (primary N) is 1. The predicted molar refractivity (Wildman–Crippen MR) is 51.0 cm³/mol. The van der Waals surface area contributed by atoms with Crippen molar-refractivity contribution in [1.29, 1.82) is 0 Å². The van der Waals surface area contributed by atoms with E-state index in [0.29, 0.717) is 0 Å². The number of amides is 2. The van der Waals surface area contributed by atoms with Gasteiger partial charge >= 0.3 is 0 Å². The molecule has 0 aliphatic rings. The number of hydrogen-bond acceptors (Lipinski definition) is 3. The van der Waals surface area contributed by atoms with Crippen molar-refractivity contribution in [3.63, 3.8) is 0 Å². The van der Waals surface area contributed by atoms with Gasteiger partial charge in [-0.15, -0.1) is 0 Å². The summed E-state index contributed by atoms with van der Waals surface area (Å²) in [4.78, 5) is 28.4. The molecular weight excluding hydrogens is 172 g/mol. The van der Waals surface area contributed by atoms with Gasteiger partial charge in [-0.25, -0.2) is 0 Å². The van der Waals surface area contributed by atoms with Crippen LogP contribution >= 0.6 is 0 Å². The van der Waals surface area contributed by atoms with Crippen LogP contribution in [0.3, 0.4) is 0 Å². The van der Waals surface area contributed by atoms with E-state index in [1.807, 2.05) is 0 Å². The number of rotatable bonds is 0. The number of carbonyl (C=O) groups excluding carboxylic acids is 3. The molecule has 0 radical (unpaired) electrons. The van der Waals surface area contributed by atoms with Gasteiger partial charge in [0.1, 0.15) is 5.78 Å². The Morgan fingerprint density at radius 3 is 1.08 bits per heavy atom. The third-order valence-electron chi connectivity index (χ3n) is 0.352. The first-order valence-electron chi connectivity index (χ1n) is 3.65. The molecule has 5 nitrogen and oxygen atoms in total. The highest BCUT2D eigenvalue weighted by atomic mass is 16.1. The van der Waals surface area contributed by atoms with Crippen LogP contribution in [-0.2, 0) is 14.4 Å². The highest BCUT2D eigenvalue weighted by Gasteiger charge is 1.72. The van der Waals surface area contributed by atoms with Gasteiger partial charge in [0.25, 0.3) is 0 Å². The third kappa shape index (κ3) is 2110. The standard InChI is InChI=1S/C3H7NO.C3H6O.C2H5NO/c1-3(5)4-2;1-3(2)4;1-2(3)4/h1-2H3,(H,4,5);1-2H3;1H3,(H2,3,4). The van der Waals surface area contributed by atoms with Gasteiger partial charge in [-0.3, -0.25) is 9.59 Å². The molecule has 78 valence electrons. The first kappa shape index (κ1) is 17.6. The molecule has 0 atom stereocenters. The zero-order valence-corrected chi connectivity index (χ0v) is 8.80. The highest BCUT2D eigenvalue weighted by Crippen LogP contribution is 1.50. The SMILES string of the molecule is CC(C)=O.CC(N)=O.CNC(C)=O. The molecule has 0 fully saturated rings. The van der Waals surface area contributed by atoms with Crippen LogP contribution in [0.25, 0.3) is 0 Å². The minimum absolute atomic E-state index is 0.00463. The Labute approximate surface area is 78.7 Å². The van der Waals surface area contributed by atoms with E-state index in [2.05, 4.69) is 11.1 Å². The molecule has 0 aromatic rings. The Kier molecular flexibility index (Phi) is 17.9. The summed E-state index contributed by atoms with van der Waals surface area (Å²) in [6, 6.07) is 0. The minimum atomic E-state index is -0.333. The molecular formula is C8H18N2O3. The number of ketones is 1. The molecule has 0 bridgehead atoms. The largest absolute Gasteiger partial charge is 0.370 e. The van der Waals surface area contributed by atoms with Gasteiger partial charge in [-0.05, 0) is 13.8 Å². The van der Waals surface area contributed by atoms with E-state index in [0.717, 1.165) is 0 Å². The fourth-order valence-electron chi connectivity index (χ4n) is 0. The molecule has 5 heteroatoms. The van der Waals surface area contributed by atoms with E-state index in [9.17, 15) is 14.4 Å². The second-order valence-electron chi connectivity index (χ2n) is 2.33. The maximum Gasteiger partial charge on any atom is 0.216 e. The fourth-order valence-corrected chi connectivity index (χ4v) is 0. The van der Waals surface area contributed by atoms with Crippen molar-refractivity contribution in [1.82, 2.24) is 5.32 Å². The van der Waals surface area contributed by atoms with Crippen molar-refractivity contribution >= 4 is 17.6 Å². The molecule has 0 heterocycles. The molecule has 0 aliphatic carbocycles. The van der Waals surface area contributed by atoms with E-state index in [1.54, 1.807) is 7.05 Å². The summed E-state index contributed by atoms with van der Waals surface area (Å²) in [5, 5.41) is 2.39. The van der Waals surface area contributed by atoms with Gasteiger partial charge < -0.3 is 15.8 Å². The lowest BCUT2D eigenvalue weighted by molar-refractivity contribution is -0.118. The number of hydrogen-bond donors (Lipinski definition) is 2. The average Bonchev–Trinajstić information content (AvgIpc) is 1.84. The Morgan fingerprint density at radius 1 is 1.00 bits per heavy atom. The van der Waals surface area contributed by atoms with Crippen molar-refractivity contribution in [2.75, 3.05) is 7.05 Å². The van der Waals surface area contributed by atoms with Gasteiger partial charge in [0, 0.05) is 20.9 Å². The van der Waals surface area contributed by atoms with Gasteiger partial charge in [-0.2, -0.15) is 0 Å². The monoisotopic (exact) mass is 190 g/mol. The Morgan fingerprint density at radius 2 is 1.08 bits per heavy atom. The Bertz CT molecular complexity index is 147. The molecule has 0 aliphatic heterocycles. The zero-order valence-electron chi connectivity index (χ0n) is 8.80. The molecule has 0 rings (SSSR count). The van der Waals surface area contributed by atoms with E-state index < -0.39 is 0 Å². The topological polar surface area (TPSA) is 89.3 Å². The molecule has 3 N–H and O–H groups in total. The molecule has 0 saturated heterocycles. The lowest BCUT2D eigenvalue weighted by Gasteiger charge is -1.80. The summed E-state index contributed by atoms with van der Waals surface area (Å²) in [6.45, 7) is 5.83. The third-order valence-corrected chi connectivity index (χ3v) is 0.352. The van der Waals surface area contributed by atoms with Crippen LogP contribution in [0.1, 0.15) is 27.7 Å². The summed E-state index contributed by atoms with van der Waals surface area (Å²) >= 11 is 0. The van der Waals surface area contributed by atoms with E-state index in [-0.39, 0.29) is 17.6 Å². The number of carbonyl (C=O) groups is 3. The molecule has 0 spiro atoms.